The van der Waals surface area contributed by atoms with Crippen molar-refractivity contribution in [2.45, 2.75) is 62.2 Å². The molecular weight excluding hydrogens is 358 g/mol. The second-order valence-electron chi connectivity index (χ2n) is 7.22. The molecule has 0 bridgehead atoms. The summed E-state index contributed by atoms with van der Waals surface area (Å²) in [6, 6.07) is 8.28. The summed E-state index contributed by atoms with van der Waals surface area (Å²) in [5.41, 5.74) is 0.712. The van der Waals surface area contributed by atoms with Gasteiger partial charge in [-0.3, -0.25) is 4.90 Å². The Morgan fingerprint density at radius 3 is 2.30 bits per heavy atom. The molecule has 4 nitrogen and oxygen atoms in total. The smallest absolute Gasteiger partial charge is 0.411 e. The maximum Gasteiger partial charge on any atom is 0.411 e. The fraction of sp³-hybridized carbons (Fsp3) is 0.611. The quantitative estimate of drug-likeness (QED) is 0.845. The van der Waals surface area contributed by atoms with Crippen molar-refractivity contribution in [3.05, 3.63) is 34.3 Å². The van der Waals surface area contributed by atoms with Gasteiger partial charge < -0.3 is 9.84 Å². The average molecular weight is 380 g/mol. The Hall–Kier alpha value is -1.07. The van der Waals surface area contributed by atoms with Crippen molar-refractivity contribution in [3.8, 4) is 0 Å². The summed E-state index contributed by atoms with van der Waals surface area (Å²) in [5, 5.41) is 9.70. The third-order valence-corrected chi connectivity index (χ3v) is 6.33. The molecule has 23 heavy (non-hydrogen) atoms. The fourth-order valence-corrected chi connectivity index (χ4v) is 4.42. The zero-order chi connectivity index (χ0) is 16.1. The molecule has 2 saturated carbocycles. The van der Waals surface area contributed by atoms with Gasteiger partial charge in [0.05, 0.1) is 11.6 Å². The van der Waals surface area contributed by atoms with Gasteiger partial charge in [-0.25, -0.2) is 4.79 Å². The first-order valence-electron chi connectivity index (χ1n) is 8.48. The van der Waals surface area contributed by atoms with Crippen LogP contribution < -0.4 is 0 Å². The zero-order valence-electron chi connectivity index (χ0n) is 13.1. The van der Waals surface area contributed by atoms with E-state index in [1.807, 2.05) is 17.0 Å². The number of aliphatic hydroxyl groups excluding tert-OH is 1. The van der Waals surface area contributed by atoms with Gasteiger partial charge >= 0.3 is 6.09 Å². The van der Waals surface area contributed by atoms with Gasteiger partial charge in [0.1, 0.15) is 5.60 Å². The summed E-state index contributed by atoms with van der Waals surface area (Å²) >= 11 is 3.47. The number of aliphatic hydroxyl groups is 1. The first-order valence-corrected chi connectivity index (χ1v) is 9.27. The van der Waals surface area contributed by atoms with Gasteiger partial charge in [0, 0.05) is 17.4 Å². The number of rotatable bonds is 2. The van der Waals surface area contributed by atoms with Crippen molar-refractivity contribution >= 4 is 22.0 Å². The molecule has 1 heterocycles. The van der Waals surface area contributed by atoms with Crippen molar-refractivity contribution < 1.29 is 14.6 Å². The lowest BCUT2D eigenvalue weighted by Gasteiger charge is -2.46. The molecule has 124 valence electrons. The molecule has 0 atom stereocenters. The van der Waals surface area contributed by atoms with Crippen LogP contribution in [-0.4, -0.2) is 34.3 Å². The summed E-state index contributed by atoms with van der Waals surface area (Å²) in [6.07, 6.45) is 5.56. The lowest BCUT2D eigenvalue weighted by molar-refractivity contribution is -0.0942. The van der Waals surface area contributed by atoms with Crippen LogP contribution in [0.2, 0.25) is 0 Å². The second-order valence-corrected chi connectivity index (χ2v) is 8.14. The highest BCUT2D eigenvalue weighted by Gasteiger charge is 2.55. The third-order valence-electron chi connectivity index (χ3n) is 5.80. The van der Waals surface area contributed by atoms with E-state index in [9.17, 15) is 9.90 Å². The summed E-state index contributed by atoms with van der Waals surface area (Å²) < 4.78 is 6.97. The van der Waals surface area contributed by atoms with E-state index in [1.165, 1.54) is 5.56 Å². The molecule has 1 saturated heterocycles. The zero-order valence-corrected chi connectivity index (χ0v) is 14.7. The molecule has 0 radical (unpaired) electrons. The lowest BCUT2D eigenvalue weighted by Crippen LogP contribution is -2.54. The normalized spacial score (nSPS) is 32.7. The Labute approximate surface area is 144 Å². The minimum absolute atomic E-state index is 0.159. The molecular formula is C18H22BrNO3. The molecule has 0 unspecified atom stereocenters. The number of amides is 1. The van der Waals surface area contributed by atoms with Crippen LogP contribution in [0.5, 0.6) is 0 Å². The maximum absolute atomic E-state index is 12.7. The molecule has 3 aliphatic rings. The molecule has 1 spiro atoms. The van der Waals surface area contributed by atoms with E-state index >= 15 is 0 Å². The molecule has 4 rings (SSSR count). The van der Waals surface area contributed by atoms with E-state index in [0.29, 0.717) is 0 Å². The van der Waals surface area contributed by atoms with Crippen molar-refractivity contribution in [1.82, 2.24) is 4.90 Å². The van der Waals surface area contributed by atoms with Crippen LogP contribution in [0.3, 0.4) is 0 Å². The van der Waals surface area contributed by atoms with Gasteiger partial charge in [-0.2, -0.15) is 0 Å². The van der Waals surface area contributed by atoms with Crippen LogP contribution in [0.25, 0.3) is 0 Å². The number of nitrogens with zero attached hydrogens (tertiary/aromatic N) is 1. The van der Waals surface area contributed by atoms with E-state index in [4.69, 9.17) is 4.74 Å². The largest absolute Gasteiger partial charge is 0.443 e. The molecule has 1 aliphatic heterocycles. The number of hydrogen-bond donors (Lipinski definition) is 1. The van der Waals surface area contributed by atoms with Crippen LogP contribution in [0.15, 0.2) is 28.7 Å². The number of carbonyl (C=O) groups is 1. The molecule has 1 amide bonds. The van der Waals surface area contributed by atoms with Crippen LogP contribution in [0.4, 0.5) is 4.79 Å². The van der Waals surface area contributed by atoms with Crippen LogP contribution >= 0.6 is 15.9 Å². The van der Waals surface area contributed by atoms with E-state index in [2.05, 4.69) is 28.1 Å². The Balaban J connectivity index is 1.51. The van der Waals surface area contributed by atoms with Crippen LogP contribution in [-0.2, 0) is 10.3 Å². The topological polar surface area (TPSA) is 49.8 Å². The highest BCUT2D eigenvalue weighted by molar-refractivity contribution is 9.10. The minimum atomic E-state index is -0.331. The Morgan fingerprint density at radius 1 is 1.09 bits per heavy atom. The van der Waals surface area contributed by atoms with Crippen molar-refractivity contribution in [2.75, 3.05) is 6.54 Å². The summed E-state index contributed by atoms with van der Waals surface area (Å²) in [6.45, 7) is 0.755. The highest BCUT2D eigenvalue weighted by Crippen LogP contribution is 2.53. The van der Waals surface area contributed by atoms with Gasteiger partial charge in [0.2, 0.25) is 0 Å². The Bertz CT molecular complexity index is 603. The predicted octanol–water partition coefficient (Wildman–Crippen LogP) is 3.95. The fourth-order valence-electron chi connectivity index (χ4n) is 4.16. The summed E-state index contributed by atoms with van der Waals surface area (Å²) in [4.78, 5) is 14.6. The van der Waals surface area contributed by atoms with Gasteiger partial charge in [-0.05, 0) is 56.2 Å². The molecule has 3 fully saturated rings. The molecule has 1 aromatic rings. The molecule has 2 aliphatic carbocycles. The van der Waals surface area contributed by atoms with E-state index < -0.39 is 0 Å². The highest BCUT2D eigenvalue weighted by atomic mass is 79.9. The van der Waals surface area contributed by atoms with Crippen LogP contribution in [0, 0.1) is 0 Å². The first-order chi connectivity index (χ1) is 11.0. The minimum Gasteiger partial charge on any atom is -0.443 e. The van der Waals surface area contributed by atoms with Gasteiger partial charge in [0.15, 0.2) is 0 Å². The number of ether oxygens (including phenoxy) is 1. The molecule has 5 heteroatoms. The SMILES string of the molecule is O=C1O[C@]2(CCN1C1(c3ccc(Br)cc3)CC1)CC[C@@H](O)CC2. The lowest BCUT2D eigenvalue weighted by atomic mass is 9.80. The number of carbonyl (C=O) groups excluding carboxylic acids is 1. The Morgan fingerprint density at radius 2 is 1.74 bits per heavy atom. The van der Waals surface area contributed by atoms with Gasteiger partial charge in [0.25, 0.3) is 0 Å². The molecule has 1 aromatic carbocycles. The summed E-state index contributed by atoms with van der Waals surface area (Å²) in [7, 11) is 0. The standard InChI is InChI=1S/C18H22BrNO3/c19-14-3-1-13(2-4-14)18(9-10-18)20-12-11-17(23-16(20)22)7-5-15(21)6-8-17/h1-4,15,21H,5-12H2/t15-,17-. The molecule has 0 aromatic heterocycles. The van der Waals surface area contributed by atoms with E-state index in [1.54, 1.807) is 0 Å². The Kier molecular flexibility index (Phi) is 3.69. The second kappa shape index (κ2) is 5.49. The van der Waals surface area contributed by atoms with E-state index in [0.717, 1.165) is 56.0 Å². The van der Waals surface area contributed by atoms with Crippen LogP contribution in [0.1, 0.15) is 50.5 Å². The average Bonchev–Trinajstić information content (AvgIpc) is 3.33. The van der Waals surface area contributed by atoms with E-state index in [-0.39, 0.29) is 23.3 Å². The van der Waals surface area contributed by atoms with Crippen molar-refractivity contribution in [3.63, 3.8) is 0 Å². The molecule has 1 N–H and O–H groups in total. The summed E-state index contributed by atoms with van der Waals surface area (Å²) in [5.74, 6) is 0. The van der Waals surface area contributed by atoms with Crippen molar-refractivity contribution in [1.29, 1.82) is 0 Å². The maximum atomic E-state index is 12.7. The number of benzene rings is 1. The van der Waals surface area contributed by atoms with Gasteiger partial charge in [-0.15, -0.1) is 0 Å². The van der Waals surface area contributed by atoms with Gasteiger partial charge in [-0.1, -0.05) is 28.1 Å². The monoisotopic (exact) mass is 379 g/mol. The number of halogens is 1. The predicted molar refractivity (Wildman–Crippen MR) is 90.1 cm³/mol. The number of hydrogen-bond acceptors (Lipinski definition) is 3. The van der Waals surface area contributed by atoms with Crippen molar-refractivity contribution in [2.24, 2.45) is 0 Å². The third kappa shape index (κ3) is 2.68. The first kappa shape index (κ1) is 15.5.